The molecule has 0 fully saturated rings. The fourth-order valence-corrected chi connectivity index (χ4v) is 2.59. The van der Waals surface area contributed by atoms with Crippen molar-refractivity contribution in [3.8, 4) is 0 Å². The number of carbonyl (C=O) groups excluding carboxylic acids is 1. The van der Waals surface area contributed by atoms with Crippen LogP contribution < -0.4 is 0 Å². The average molecular weight is 289 g/mol. The van der Waals surface area contributed by atoms with Crippen LogP contribution in [0.4, 0.5) is 0 Å². The van der Waals surface area contributed by atoms with E-state index in [0.29, 0.717) is 5.91 Å². The van der Waals surface area contributed by atoms with E-state index in [1.165, 1.54) is 5.56 Å². The predicted octanol–water partition coefficient (Wildman–Crippen LogP) is 4.68. The smallest absolute Gasteiger partial charge is 0.226 e. The van der Waals surface area contributed by atoms with Gasteiger partial charge < -0.3 is 4.90 Å². The van der Waals surface area contributed by atoms with Gasteiger partial charge in [0.05, 0.1) is 0 Å². The molecule has 0 aliphatic heterocycles. The van der Waals surface area contributed by atoms with Crippen molar-refractivity contribution in [3.05, 3.63) is 35.9 Å². The molecule has 0 heterocycles. The quantitative estimate of drug-likeness (QED) is 0.612. The minimum atomic E-state index is 0.126. The Morgan fingerprint density at radius 2 is 1.57 bits per heavy atom. The van der Waals surface area contributed by atoms with Crippen LogP contribution in [0.1, 0.15) is 58.4 Å². The van der Waals surface area contributed by atoms with Crippen LogP contribution in [0.3, 0.4) is 0 Å². The molecule has 21 heavy (non-hydrogen) atoms. The van der Waals surface area contributed by atoms with Gasteiger partial charge in [0.1, 0.15) is 0 Å². The van der Waals surface area contributed by atoms with Crippen LogP contribution in [-0.2, 0) is 11.2 Å². The SMILES string of the molecule is CCCCN(CCCC)C(=O)C(CC)Cc1ccccc1. The number of rotatable bonds is 10. The van der Waals surface area contributed by atoms with Gasteiger partial charge in [0.15, 0.2) is 0 Å². The second-order valence-corrected chi connectivity index (χ2v) is 5.83. The van der Waals surface area contributed by atoms with Gasteiger partial charge in [-0.3, -0.25) is 4.79 Å². The Kier molecular flexibility index (Phi) is 8.80. The van der Waals surface area contributed by atoms with Crippen molar-refractivity contribution in [2.75, 3.05) is 13.1 Å². The molecule has 0 aliphatic rings. The van der Waals surface area contributed by atoms with Crippen LogP contribution in [0.5, 0.6) is 0 Å². The van der Waals surface area contributed by atoms with Gasteiger partial charge in [-0.05, 0) is 31.2 Å². The molecule has 1 rings (SSSR count). The topological polar surface area (TPSA) is 20.3 Å². The summed E-state index contributed by atoms with van der Waals surface area (Å²) in [6.45, 7) is 8.33. The second-order valence-electron chi connectivity index (χ2n) is 5.83. The summed E-state index contributed by atoms with van der Waals surface area (Å²) in [5.41, 5.74) is 1.27. The molecule has 0 aliphatic carbocycles. The number of hydrogen-bond acceptors (Lipinski definition) is 1. The average Bonchev–Trinajstić information content (AvgIpc) is 2.53. The molecular formula is C19H31NO. The van der Waals surface area contributed by atoms with Crippen molar-refractivity contribution in [2.45, 2.75) is 59.3 Å². The lowest BCUT2D eigenvalue weighted by molar-refractivity contribution is -0.135. The van der Waals surface area contributed by atoms with E-state index < -0.39 is 0 Å². The minimum absolute atomic E-state index is 0.126. The van der Waals surface area contributed by atoms with Crippen LogP contribution in [-0.4, -0.2) is 23.9 Å². The third-order valence-corrected chi connectivity index (χ3v) is 4.04. The molecule has 1 aromatic rings. The van der Waals surface area contributed by atoms with Crippen LogP contribution in [0.25, 0.3) is 0 Å². The van der Waals surface area contributed by atoms with Gasteiger partial charge in [0.2, 0.25) is 5.91 Å². The maximum atomic E-state index is 12.8. The summed E-state index contributed by atoms with van der Waals surface area (Å²) in [7, 11) is 0. The summed E-state index contributed by atoms with van der Waals surface area (Å²) >= 11 is 0. The van der Waals surface area contributed by atoms with Gasteiger partial charge in [0, 0.05) is 19.0 Å². The lowest BCUT2D eigenvalue weighted by Crippen LogP contribution is -2.38. The monoisotopic (exact) mass is 289 g/mol. The Labute approximate surface area is 130 Å². The normalized spacial score (nSPS) is 12.1. The van der Waals surface area contributed by atoms with E-state index in [2.05, 4.69) is 49.9 Å². The molecule has 0 radical (unpaired) electrons. The molecular weight excluding hydrogens is 258 g/mol. The molecule has 1 unspecified atom stereocenters. The largest absolute Gasteiger partial charge is 0.342 e. The summed E-state index contributed by atoms with van der Waals surface area (Å²) in [6.07, 6.45) is 6.29. The lowest BCUT2D eigenvalue weighted by Gasteiger charge is -2.27. The van der Waals surface area contributed by atoms with Crippen molar-refractivity contribution >= 4 is 5.91 Å². The molecule has 1 aromatic carbocycles. The van der Waals surface area contributed by atoms with E-state index in [0.717, 1.165) is 51.6 Å². The zero-order valence-electron chi connectivity index (χ0n) is 14.0. The summed E-state index contributed by atoms with van der Waals surface area (Å²) < 4.78 is 0. The molecule has 2 heteroatoms. The molecule has 0 bridgehead atoms. The number of hydrogen-bond donors (Lipinski definition) is 0. The number of nitrogens with zero attached hydrogens (tertiary/aromatic N) is 1. The third kappa shape index (κ3) is 6.33. The maximum absolute atomic E-state index is 12.8. The Balaban J connectivity index is 2.67. The van der Waals surface area contributed by atoms with Crippen LogP contribution in [0, 0.1) is 5.92 Å². The van der Waals surface area contributed by atoms with Gasteiger partial charge >= 0.3 is 0 Å². The highest BCUT2D eigenvalue weighted by Crippen LogP contribution is 2.16. The lowest BCUT2D eigenvalue weighted by atomic mass is 9.95. The highest BCUT2D eigenvalue weighted by Gasteiger charge is 2.22. The summed E-state index contributed by atoms with van der Waals surface area (Å²) in [6, 6.07) is 10.4. The van der Waals surface area contributed by atoms with Crippen LogP contribution in [0.15, 0.2) is 30.3 Å². The number of unbranched alkanes of at least 4 members (excludes halogenated alkanes) is 2. The zero-order chi connectivity index (χ0) is 15.5. The number of benzene rings is 1. The van der Waals surface area contributed by atoms with Gasteiger partial charge in [-0.25, -0.2) is 0 Å². The van der Waals surface area contributed by atoms with Crippen molar-refractivity contribution in [2.24, 2.45) is 5.92 Å². The second kappa shape index (κ2) is 10.4. The first-order valence-electron chi connectivity index (χ1n) is 8.55. The summed E-state index contributed by atoms with van der Waals surface area (Å²) in [4.78, 5) is 14.9. The Morgan fingerprint density at radius 1 is 1.00 bits per heavy atom. The predicted molar refractivity (Wildman–Crippen MR) is 90.3 cm³/mol. The molecule has 118 valence electrons. The van der Waals surface area contributed by atoms with E-state index in [1.54, 1.807) is 0 Å². The van der Waals surface area contributed by atoms with Crippen LogP contribution >= 0.6 is 0 Å². The fraction of sp³-hybridized carbons (Fsp3) is 0.632. The molecule has 0 aromatic heterocycles. The molecule has 0 saturated heterocycles. The van der Waals surface area contributed by atoms with Gasteiger partial charge in [0.25, 0.3) is 0 Å². The van der Waals surface area contributed by atoms with E-state index in [9.17, 15) is 4.79 Å². The number of amides is 1. The maximum Gasteiger partial charge on any atom is 0.226 e. The zero-order valence-corrected chi connectivity index (χ0v) is 14.0. The molecule has 0 N–H and O–H groups in total. The van der Waals surface area contributed by atoms with E-state index in [-0.39, 0.29) is 5.92 Å². The van der Waals surface area contributed by atoms with Gasteiger partial charge in [-0.2, -0.15) is 0 Å². The van der Waals surface area contributed by atoms with Crippen molar-refractivity contribution in [1.82, 2.24) is 4.90 Å². The fourth-order valence-electron chi connectivity index (χ4n) is 2.59. The summed E-state index contributed by atoms with van der Waals surface area (Å²) in [5, 5.41) is 0. The molecule has 1 amide bonds. The van der Waals surface area contributed by atoms with Crippen LogP contribution in [0.2, 0.25) is 0 Å². The molecule has 1 atom stereocenters. The van der Waals surface area contributed by atoms with Gasteiger partial charge in [-0.15, -0.1) is 0 Å². The third-order valence-electron chi connectivity index (χ3n) is 4.04. The van der Waals surface area contributed by atoms with E-state index in [4.69, 9.17) is 0 Å². The summed E-state index contributed by atoms with van der Waals surface area (Å²) in [5.74, 6) is 0.476. The van der Waals surface area contributed by atoms with Crippen molar-refractivity contribution in [1.29, 1.82) is 0 Å². The number of carbonyl (C=O) groups is 1. The standard InChI is InChI=1S/C19H31NO/c1-4-7-14-20(15-8-5-2)19(21)18(6-3)16-17-12-10-9-11-13-17/h9-13,18H,4-8,14-16H2,1-3H3. The van der Waals surface area contributed by atoms with E-state index in [1.807, 2.05) is 6.07 Å². The molecule has 2 nitrogen and oxygen atoms in total. The minimum Gasteiger partial charge on any atom is -0.342 e. The van der Waals surface area contributed by atoms with E-state index >= 15 is 0 Å². The Morgan fingerprint density at radius 3 is 2.05 bits per heavy atom. The highest BCUT2D eigenvalue weighted by molar-refractivity contribution is 5.79. The highest BCUT2D eigenvalue weighted by atomic mass is 16.2. The first-order valence-corrected chi connectivity index (χ1v) is 8.55. The Hall–Kier alpha value is -1.31. The first kappa shape index (κ1) is 17.7. The molecule has 0 spiro atoms. The van der Waals surface area contributed by atoms with Gasteiger partial charge in [-0.1, -0.05) is 63.9 Å². The van der Waals surface area contributed by atoms with Crippen molar-refractivity contribution < 1.29 is 4.79 Å². The van der Waals surface area contributed by atoms with Crippen molar-refractivity contribution in [3.63, 3.8) is 0 Å². The Bertz CT molecular complexity index is 380. The first-order chi connectivity index (χ1) is 10.2. The molecule has 0 saturated carbocycles.